The predicted octanol–water partition coefficient (Wildman–Crippen LogP) is 4.78. The first-order valence-electron chi connectivity index (χ1n) is 12.6. The standard InChI is InChI=1S/C25H37ClN4O3/c26-22-16-20(9-10-23(31)29-33-24-8-4-5-15-32-24)17-27-25(22)28-21-11-13-30(14-12-21)18-19-6-2-1-3-7-19/h9-10,16-17,19,21,24H,1-8,11-15,18H2,(H,27,28)(H,29,31)/b10-9+. The summed E-state index contributed by atoms with van der Waals surface area (Å²) in [4.78, 5) is 24.4. The predicted molar refractivity (Wildman–Crippen MR) is 131 cm³/mol. The van der Waals surface area contributed by atoms with Gasteiger partial charge in [-0.3, -0.25) is 4.79 Å². The summed E-state index contributed by atoms with van der Waals surface area (Å²) in [6.07, 6.45) is 16.6. The maximum Gasteiger partial charge on any atom is 0.267 e. The number of anilines is 1. The minimum atomic E-state index is -0.364. The van der Waals surface area contributed by atoms with Crippen LogP contribution in [0.2, 0.25) is 5.02 Å². The molecule has 4 rings (SSSR count). The number of hydrogen-bond acceptors (Lipinski definition) is 6. The summed E-state index contributed by atoms with van der Waals surface area (Å²) in [5, 5.41) is 4.08. The van der Waals surface area contributed by atoms with Gasteiger partial charge in [0.25, 0.3) is 5.91 Å². The first-order valence-corrected chi connectivity index (χ1v) is 12.9. The Morgan fingerprint density at radius 3 is 2.67 bits per heavy atom. The third kappa shape index (κ3) is 7.95. The first-order chi connectivity index (χ1) is 16.2. The smallest absolute Gasteiger partial charge is 0.267 e. The molecule has 3 fully saturated rings. The van der Waals surface area contributed by atoms with Crippen LogP contribution in [0.3, 0.4) is 0 Å². The Morgan fingerprint density at radius 1 is 1.15 bits per heavy atom. The maximum atomic E-state index is 12.0. The maximum absolute atomic E-state index is 12.0. The summed E-state index contributed by atoms with van der Waals surface area (Å²) >= 11 is 6.47. The van der Waals surface area contributed by atoms with E-state index in [4.69, 9.17) is 21.2 Å². The zero-order chi connectivity index (χ0) is 22.9. The highest BCUT2D eigenvalue weighted by molar-refractivity contribution is 6.33. The summed E-state index contributed by atoms with van der Waals surface area (Å²) in [7, 11) is 0. The van der Waals surface area contributed by atoms with E-state index in [1.807, 2.05) is 6.07 Å². The van der Waals surface area contributed by atoms with Gasteiger partial charge in [-0.1, -0.05) is 30.9 Å². The third-order valence-electron chi connectivity index (χ3n) is 6.89. The van der Waals surface area contributed by atoms with Crippen LogP contribution in [-0.2, 0) is 14.4 Å². The van der Waals surface area contributed by atoms with Gasteiger partial charge in [-0.25, -0.2) is 15.3 Å². The number of ether oxygens (including phenoxy) is 1. The number of nitrogens with one attached hydrogen (secondary N) is 2. The van der Waals surface area contributed by atoms with Gasteiger partial charge in [0.1, 0.15) is 5.82 Å². The van der Waals surface area contributed by atoms with E-state index < -0.39 is 0 Å². The van der Waals surface area contributed by atoms with Crippen molar-refractivity contribution in [1.29, 1.82) is 0 Å². The molecule has 2 saturated heterocycles. The Morgan fingerprint density at radius 2 is 1.94 bits per heavy atom. The quantitative estimate of drug-likeness (QED) is 0.415. The third-order valence-corrected chi connectivity index (χ3v) is 7.18. The Labute approximate surface area is 202 Å². The van der Waals surface area contributed by atoms with Gasteiger partial charge in [-0.05, 0) is 62.1 Å². The van der Waals surface area contributed by atoms with Crippen LogP contribution in [0.5, 0.6) is 0 Å². The number of nitrogens with zero attached hydrogens (tertiary/aromatic N) is 2. The molecule has 33 heavy (non-hydrogen) atoms. The fourth-order valence-corrected chi connectivity index (χ4v) is 5.20. The molecule has 0 bridgehead atoms. The summed E-state index contributed by atoms with van der Waals surface area (Å²) in [5.41, 5.74) is 3.17. The average molecular weight is 477 g/mol. The van der Waals surface area contributed by atoms with Crippen LogP contribution in [0, 0.1) is 5.92 Å². The highest BCUT2D eigenvalue weighted by atomic mass is 35.5. The van der Waals surface area contributed by atoms with Gasteiger partial charge in [0.15, 0.2) is 6.29 Å². The number of aromatic nitrogens is 1. The van der Waals surface area contributed by atoms with Crippen molar-refractivity contribution in [2.75, 3.05) is 31.6 Å². The Balaban J connectivity index is 1.19. The lowest BCUT2D eigenvalue weighted by atomic mass is 9.88. The van der Waals surface area contributed by atoms with Crippen LogP contribution in [0.4, 0.5) is 5.82 Å². The highest BCUT2D eigenvalue weighted by Crippen LogP contribution is 2.27. The van der Waals surface area contributed by atoms with Crippen molar-refractivity contribution in [2.45, 2.75) is 76.5 Å². The van der Waals surface area contributed by atoms with Crippen molar-refractivity contribution < 1.29 is 14.4 Å². The lowest BCUT2D eigenvalue weighted by Crippen LogP contribution is -2.41. The molecule has 1 atom stereocenters. The Hall–Kier alpha value is -1.67. The molecule has 7 nitrogen and oxygen atoms in total. The van der Waals surface area contributed by atoms with E-state index in [2.05, 4.69) is 20.7 Å². The molecule has 1 aromatic rings. The SMILES string of the molecule is O=C(/C=C/c1cnc(NC2CCN(CC3CCCCC3)CC2)c(Cl)c1)NOC1CCCCO1. The zero-order valence-corrected chi connectivity index (χ0v) is 20.2. The van der Waals surface area contributed by atoms with Crippen LogP contribution < -0.4 is 10.8 Å². The van der Waals surface area contributed by atoms with Crippen LogP contribution in [0.15, 0.2) is 18.3 Å². The molecule has 0 aromatic carbocycles. The van der Waals surface area contributed by atoms with Crippen LogP contribution in [0.1, 0.15) is 69.8 Å². The number of piperidine rings is 1. The lowest BCUT2D eigenvalue weighted by molar-refractivity contribution is -0.198. The van der Waals surface area contributed by atoms with Crippen molar-refractivity contribution >= 4 is 29.4 Å². The molecule has 3 aliphatic rings. The van der Waals surface area contributed by atoms with Crippen molar-refractivity contribution in [1.82, 2.24) is 15.4 Å². The van der Waals surface area contributed by atoms with Gasteiger partial charge in [0.2, 0.25) is 0 Å². The van der Waals surface area contributed by atoms with Gasteiger partial charge in [-0.2, -0.15) is 0 Å². The summed E-state index contributed by atoms with van der Waals surface area (Å²) < 4.78 is 5.42. The van der Waals surface area contributed by atoms with Crippen molar-refractivity contribution in [3.63, 3.8) is 0 Å². The van der Waals surface area contributed by atoms with E-state index >= 15 is 0 Å². The van der Waals surface area contributed by atoms with Crippen molar-refractivity contribution in [3.8, 4) is 0 Å². The minimum Gasteiger partial charge on any atom is -0.366 e. The number of pyridine rings is 1. The fourth-order valence-electron chi connectivity index (χ4n) is 4.97. The lowest BCUT2D eigenvalue weighted by Gasteiger charge is -2.35. The fraction of sp³-hybridized carbons (Fsp3) is 0.680. The van der Waals surface area contributed by atoms with Gasteiger partial charge in [-0.15, -0.1) is 0 Å². The van der Waals surface area contributed by atoms with E-state index in [1.165, 1.54) is 44.7 Å². The van der Waals surface area contributed by atoms with Gasteiger partial charge >= 0.3 is 0 Å². The van der Waals surface area contributed by atoms with E-state index in [0.29, 0.717) is 23.5 Å². The molecule has 1 aromatic heterocycles. The average Bonchev–Trinajstić information content (AvgIpc) is 2.85. The Bertz CT molecular complexity index is 786. The second-order valence-electron chi connectivity index (χ2n) is 9.54. The number of carbonyl (C=O) groups excluding carboxylic acids is 1. The molecule has 182 valence electrons. The molecule has 8 heteroatoms. The molecule has 0 radical (unpaired) electrons. The van der Waals surface area contributed by atoms with Gasteiger partial charge in [0, 0.05) is 51.0 Å². The van der Waals surface area contributed by atoms with Crippen molar-refractivity contribution in [3.05, 3.63) is 28.9 Å². The molecule has 1 unspecified atom stereocenters. The van der Waals surface area contributed by atoms with E-state index in [-0.39, 0.29) is 12.2 Å². The number of likely N-dealkylation sites (tertiary alicyclic amines) is 1. The monoisotopic (exact) mass is 476 g/mol. The molecular weight excluding hydrogens is 440 g/mol. The first kappa shape index (κ1) is 24.5. The van der Waals surface area contributed by atoms with Crippen LogP contribution in [0.25, 0.3) is 6.08 Å². The summed E-state index contributed by atoms with van der Waals surface area (Å²) in [6.45, 7) is 4.20. The van der Waals surface area contributed by atoms with Crippen LogP contribution >= 0.6 is 11.6 Å². The number of amides is 1. The second kappa shape index (κ2) is 12.7. The highest BCUT2D eigenvalue weighted by Gasteiger charge is 2.23. The molecule has 1 aliphatic carbocycles. The number of rotatable bonds is 8. The molecule has 3 heterocycles. The van der Waals surface area contributed by atoms with E-state index in [1.54, 1.807) is 12.3 Å². The summed E-state index contributed by atoms with van der Waals surface area (Å²) in [5.74, 6) is 1.26. The zero-order valence-electron chi connectivity index (χ0n) is 19.4. The summed E-state index contributed by atoms with van der Waals surface area (Å²) in [6, 6.07) is 2.22. The van der Waals surface area contributed by atoms with Gasteiger partial charge in [0.05, 0.1) is 5.02 Å². The molecular formula is C25H37ClN4O3. The molecule has 1 amide bonds. The Kier molecular flexibility index (Phi) is 9.41. The number of halogens is 1. The van der Waals surface area contributed by atoms with Crippen LogP contribution in [-0.4, -0.2) is 54.4 Å². The van der Waals surface area contributed by atoms with Crippen molar-refractivity contribution in [2.24, 2.45) is 5.92 Å². The molecule has 0 spiro atoms. The normalized spacial score (nSPS) is 23.6. The topological polar surface area (TPSA) is 75.7 Å². The molecule has 1 saturated carbocycles. The number of hydrogen-bond donors (Lipinski definition) is 2. The van der Waals surface area contributed by atoms with E-state index in [0.717, 1.165) is 56.7 Å². The largest absolute Gasteiger partial charge is 0.366 e. The van der Waals surface area contributed by atoms with Gasteiger partial charge < -0.3 is 15.0 Å². The van der Waals surface area contributed by atoms with E-state index in [9.17, 15) is 4.79 Å². The number of carbonyl (C=O) groups is 1. The number of hydroxylamine groups is 1. The minimum absolute atomic E-state index is 0.345. The second-order valence-corrected chi connectivity index (χ2v) is 9.94. The molecule has 2 N–H and O–H groups in total. The molecule has 2 aliphatic heterocycles.